The van der Waals surface area contributed by atoms with Gasteiger partial charge >= 0.3 is 6.03 Å². The fourth-order valence-electron chi connectivity index (χ4n) is 1.66. The molecule has 2 aromatic rings. The third kappa shape index (κ3) is 2.82. The van der Waals surface area contributed by atoms with Gasteiger partial charge in [-0.15, -0.1) is 0 Å². The molecule has 0 atom stereocenters. The van der Waals surface area contributed by atoms with Gasteiger partial charge in [0.2, 0.25) is 0 Å². The molecule has 0 aliphatic carbocycles. The summed E-state index contributed by atoms with van der Waals surface area (Å²) in [4.78, 5) is 13.4. The van der Waals surface area contributed by atoms with E-state index in [1.807, 2.05) is 37.3 Å². The molecule has 0 unspecified atom stereocenters. The van der Waals surface area contributed by atoms with Gasteiger partial charge in [0.25, 0.3) is 0 Å². The lowest BCUT2D eigenvalue weighted by Crippen LogP contribution is -2.30. The Hall–Kier alpha value is -1.55. The Morgan fingerprint density at radius 3 is 2.61 bits per heavy atom. The molecule has 0 fully saturated rings. The molecule has 2 rings (SSSR count). The number of urea groups is 1. The lowest BCUT2D eigenvalue weighted by Gasteiger charge is -2.15. The van der Waals surface area contributed by atoms with Gasteiger partial charge in [0.15, 0.2) is 0 Å². The van der Waals surface area contributed by atoms with Gasteiger partial charge in [-0.3, -0.25) is 0 Å². The van der Waals surface area contributed by atoms with Gasteiger partial charge < -0.3 is 10.2 Å². The van der Waals surface area contributed by atoms with Crippen LogP contribution in [0.2, 0.25) is 0 Å². The Balaban J connectivity index is 2.25. The fraction of sp³-hybridized carbons (Fsp3) is 0.214. The third-order valence-corrected chi connectivity index (χ3v) is 3.37. The van der Waals surface area contributed by atoms with E-state index in [4.69, 9.17) is 0 Å². The summed E-state index contributed by atoms with van der Waals surface area (Å²) in [5, 5.41) is 5.13. The van der Waals surface area contributed by atoms with Crippen LogP contribution in [0.4, 0.5) is 10.5 Å². The number of benzene rings is 2. The lowest BCUT2D eigenvalue weighted by molar-refractivity contribution is 0.224. The summed E-state index contributed by atoms with van der Waals surface area (Å²) in [6.07, 6.45) is 0. The van der Waals surface area contributed by atoms with E-state index < -0.39 is 0 Å². The maximum Gasteiger partial charge on any atom is 0.321 e. The number of fused-ring (bicyclic) bond motifs is 1. The van der Waals surface area contributed by atoms with Crippen LogP contribution in [-0.2, 0) is 0 Å². The van der Waals surface area contributed by atoms with Gasteiger partial charge in [0.1, 0.15) is 0 Å². The molecule has 0 saturated carbocycles. The molecule has 4 heteroatoms. The van der Waals surface area contributed by atoms with Gasteiger partial charge in [-0.25, -0.2) is 4.79 Å². The maximum atomic E-state index is 11.7. The van der Waals surface area contributed by atoms with Gasteiger partial charge in [0.05, 0.1) is 0 Å². The molecule has 0 bridgehead atoms. The van der Waals surface area contributed by atoms with Crippen LogP contribution >= 0.6 is 15.9 Å². The number of rotatable bonds is 2. The quantitative estimate of drug-likeness (QED) is 0.890. The molecule has 0 radical (unpaired) electrons. The molecular weight excluding hydrogens is 292 g/mol. The Kier molecular flexibility index (Phi) is 3.87. The van der Waals surface area contributed by atoms with E-state index in [-0.39, 0.29) is 6.03 Å². The molecule has 0 aliphatic rings. The normalized spacial score (nSPS) is 10.4. The average molecular weight is 307 g/mol. The molecule has 0 saturated heterocycles. The zero-order chi connectivity index (χ0) is 13.1. The van der Waals surface area contributed by atoms with Gasteiger partial charge in [-0.05, 0) is 42.0 Å². The topological polar surface area (TPSA) is 32.3 Å². The number of carbonyl (C=O) groups excluding carboxylic acids is 1. The monoisotopic (exact) mass is 306 g/mol. The number of carbonyl (C=O) groups is 1. The van der Waals surface area contributed by atoms with Crippen LogP contribution in [0.1, 0.15) is 6.92 Å². The van der Waals surface area contributed by atoms with Crippen molar-refractivity contribution in [1.29, 1.82) is 0 Å². The molecule has 0 heterocycles. The smallest absolute Gasteiger partial charge is 0.321 e. The zero-order valence-corrected chi connectivity index (χ0v) is 12.0. The molecule has 0 aromatic heterocycles. The highest BCUT2D eigenvalue weighted by Crippen LogP contribution is 2.23. The molecule has 0 aliphatic heterocycles. The summed E-state index contributed by atoms with van der Waals surface area (Å²) in [5.41, 5.74) is 0.815. The lowest BCUT2D eigenvalue weighted by atomic mass is 10.1. The molecule has 1 N–H and O–H groups in total. The van der Waals surface area contributed by atoms with E-state index >= 15 is 0 Å². The van der Waals surface area contributed by atoms with Crippen molar-refractivity contribution < 1.29 is 4.79 Å². The number of hydrogen-bond acceptors (Lipinski definition) is 1. The minimum atomic E-state index is -0.0889. The molecule has 3 nitrogen and oxygen atoms in total. The van der Waals surface area contributed by atoms with Crippen LogP contribution in [0.3, 0.4) is 0 Å². The average Bonchev–Trinajstić information content (AvgIpc) is 2.38. The number of hydrogen-bond donors (Lipinski definition) is 1. The summed E-state index contributed by atoms with van der Waals surface area (Å²) in [7, 11) is 1.77. The molecule has 94 valence electrons. The van der Waals surface area contributed by atoms with Crippen molar-refractivity contribution in [2.24, 2.45) is 0 Å². The maximum absolute atomic E-state index is 11.7. The molecule has 0 spiro atoms. The summed E-state index contributed by atoms with van der Waals surface area (Å²) in [6, 6.07) is 11.9. The number of nitrogens with one attached hydrogen (secondary N) is 1. The van der Waals surface area contributed by atoms with E-state index in [2.05, 4.69) is 27.3 Å². The van der Waals surface area contributed by atoms with E-state index in [1.165, 1.54) is 0 Å². The van der Waals surface area contributed by atoms with Crippen LogP contribution < -0.4 is 5.32 Å². The second-order valence-electron chi connectivity index (χ2n) is 4.15. The Labute approximate surface area is 115 Å². The summed E-state index contributed by atoms with van der Waals surface area (Å²) in [5.74, 6) is 0. The third-order valence-electron chi connectivity index (χ3n) is 2.87. The van der Waals surface area contributed by atoms with Gasteiger partial charge in [0, 0.05) is 23.8 Å². The summed E-state index contributed by atoms with van der Waals surface area (Å²) >= 11 is 3.44. The second-order valence-corrected chi connectivity index (χ2v) is 5.07. The van der Waals surface area contributed by atoms with E-state index in [0.29, 0.717) is 6.54 Å². The van der Waals surface area contributed by atoms with Crippen molar-refractivity contribution in [2.45, 2.75) is 6.92 Å². The zero-order valence-electron chi connectivity index (χ0n) is 10.4. The Bertz CT molecular complexity index is 583. The summed E-state index contributed by atoms with van der Waals surface area (Å²) < 4.78 is 1.05. The molecule has 2 aromatic carbocycles. The van der Waals surface area contributed by atoms with Crippen LogP contribution in [0, 0.1) is 0 Å². The highest BCUT2D eigenvalue weighted by atomic mass is 79.9. The van der Waals surface area contributed by atoms with Crippen LogP contribution in [0.5, 0.6) is 0 Å². The summed E-state index contributed by atoms with van der Waals surface area (Å²) in [6.45, 7) is 2.63. The van der Waals surface area contributed by atoms with E-state index in [0.717, 1.165) is 20.9 Å². The van der Waals surface area contributed by atoms with E-state index in [1.54, 1.807) is 11.9 Å². The first-order valence-electron chi connectivity index (χ1n) is 5.81. The van der Waals surface area contributed by atoms with Crippen molar-refractivity contribution in [2.75, 3.05) is 18.9 Å². The predicted octanol–water partition coefficient (Wildman–Crippen LogP) is 4.09. The molecular formula is C14H15BrN2O. The van der Waals surface area contributed by atoms with Crippen LogP contribution in [0.25, 0.3) is 10.8 Å². The first kappa shape index (κ1) is 12.9. The minimum Gasteiger partial charge on any atom is -0.328 e. The van der Waals surface area contributed by atoms with Crippen LogP contribution in [0.15, 0.2) is 40.9 Å². The molecule has 18 heavy (non-hydrogen) atoms. The number of nitrogens with zero attached hydrogens (tertiary/aromatic N) is 1. The van der Waals surface area contributed by atoms with Crippen molar-refractivity contribution in [3.63, 3.8) is 0 Å². The SMILES string of the molecule is CCN(C)C(=O)Nc1ccc2cc(Br)ccc2c1. The number of halogens is 1. The fourth-order valence-corrected chi connectivity index (χ4v) is 2.04. The number of anilines is 1. The highest BCUT2D eigenvalue weighted by Gasteiger charge is 2.06. The first-order chi connectivity index (χ1) is 8.60. The second kappa shape index (κ2) is 5.40. The van der Waals surface area contributed by atoms with Crippen molar-refractivity contribution >= 4 is 38.4 Å². The predicted molar refractivity (Wildman–Crippen MR) is 79.0 cm³/mol. The number of amides is 2. The standard InChI is InChI=1S/C14H15BrN2O/c1-3-17(2)14(18)16-13-7-5-10-8-12(15)6-4-11(10)9-13/h4-9H,3H2,1-2H3,(H,16,18). The largest absolute Gasteiger partial charge is 0.328 e. The van der Waals surface area contributed by atoms with Gasteiger partial charge in [-0.2, -0.15) is 0 Å². The van der Waals surface area contributed by atoms with Crippen molar-refractivity contribution in [3.8, 4) is 0 Å². The Morgan fingerprint density at radius 1 is 1.22 bits per heavy atom. The van der Waals surface area contributed by atoms with Crippen molar-refractivity contribution in [1.82, 2.24) is 4.90 Å². The van der Waals surface area contributed by atoms with Gasteiger partial charge in [-0.1, -0.05) is 28.1 Å². The minimum absolute atomic E-state index is 0.0889. The van der Waals surface area contributed by atoms with Crippen molar-refractivity contribution in [3.05, 3.63) is 40.9 Å². The highest BCUT2D eigenvalue weighted by molar-refractivity contribution is 9.10. The van der Waals surface area contributed by atoms with E-state index in [9.17, 15) is 4.79 Å². The first-order valence-corrected chi connectivity index (χ1v) is 6.61. The Morgan fingerprint density at radius 2 is 1.89 bits per heavy atom. The molecule has 2 amide bonds. The van der Waals surface area contributed by atoms with Crippen LogP contribution in [-0.4, -0.2) is 24.5 Å².